The summed E-state index contributed by atoms with van der Waals surface area (Å²) in [5.41, 5.74) is 0.749. The van der Waals surface area contributed by atoms with Gasteiger partial charge in [-0.15, -0.1) is 4.40 Å². The van der Waals surface area contributed by atoms with Crippen LogP contribution in [-0.2, 0) is 10.0 Å². The van der Waals surface area contributed by atoms with Crippen LogP contribution in [-0.4, -0.2) is 32.7 Å². The van der Waals surface area contributed by atoms with Crippen LogP contribution in [0.2, 0.25) is 5.02 Å². The molecule has 2 aliphatic heterocycles. The van der Waals surface area contributed by atoms with Crippen LogP contribution in [0, 0.1) is 0 Å². The number of benzene rings is 1. The molecule has 1 aliphatic carbocycles. The van der Waals surface area contributed by atoms with Gasteiger partial charge in [-0.2, -0.15) is 8.42 Å². The SMILES string of the molecule is O=C(NC1CCCCC1)c1cc2c(cc1Cl)N1CCCCCC1=NS2(=O)=O. The highest BCUT2D eigenvalue weighted by Gasteiger charge is 2.33. The minimum Gasteiger partial charge on any atom is -0.349 e. The highest BCUT2D eigenvalue weighted by molar-refractivity contribution is 7.90. The van der Waals surface area contributed by atoms with Crippen molar-refractivity contribution in [2.45, 2.75) is 68.7 Å². The van der Waals surface area contributed by atoms with Gasteiger partial charge in [0.05, 0.1) is 16.3 Å². The van der Waals surface area contributed by atoms with Crippen LogP contribution >= 0.6 is 11.6 Å². The number of carbonyl (C=O) groups excluding carboxylic acids is 1. The van der Waals surface area contributed by atoms with E-state index >= 15 is 0 Å². The van der Waals surface area contributed by atoms with E-state index < -0.39 is 10.0 Å². The molecule has 1 aromatic carbocycles. The molecule has 1 aromatic rings. The number of halogens is 1. The topological polar surface area (TPSA) is 78.8 Å². The van der Waals surface area contributed by atoms with Crippen molar-refractivity contribution < 1.29 is 13.2 Å². The standard InChI is InChI=1S/C19H24ClN3O3S/c20-15-12-16-17(11-14(15)19(24)21-13-7-3-1-4-8-13)27(25,26)22-18-9-5-2-6-10-23(16)18/h11-13H,1-10H2,(H,21,24). The van der Waals surface area contributed by atoms with E-state index in [9.17, 15) is 13.2 Å². The van der Waals surface area contributed by atoms with Crippen LogP contribution < -0.4 is 10.2 Å². The quantitative estimate of drug-likeness (QED) is 0.803. The predicted molar refractivity (Wildman–Crippen MR) is 106 cm³/mol. The average Bonchev–Trinajstić information content (AvgIpc) is 2.87. The van der Waals surface area contributed by atoms with Crippen LogP contribution in [0.1, 0.15) is 68.1 Å². The Kier molecular flexibility index (Phi) is 5.16. The van der Waals surface area contributed by atoms with Crippen LogP contribution in [0.15, 0.2) is 21.4 Å². The monoisotopic (exact) mass is 409 g/mol. The largest absolute Gasteiger partial charge is 0.349 e. The van der Waals surface area contributed by atoms with Crippen molar-refractivity contribution in [2.75, 3.05) is 11.4 Å². The third kappa shape index (κ3) is 3.72. The fourth-order valence-corrected chi connectivity index (χ4v) is 5.69. The van der Waals surface area contributed by atoms with Gasteiger partial charge in [0, 0.05) is 19.0 Å². The highest BCUT2D eigenvalue weighted by Crippen LogP contribution is 2.38. The molecule has 2 fully saturated rings. The molecule has 1 saturated heterocycles. The zero-order valence-electron chi connectivity index (χ0n) is 15.2. The Morgan fingerprint density at radius 2 is 1.85 bits per heavy atom. The predicted octanol–water partition coefficient (Wildman–Crippen LogP) is 3.88. The number of sulfonamides is 1. The van der Waals surface area contributed by atoms with Gasteiger partial charge in [-0.25, -0.2) is 0 Å². The summed E-state index contributed by atoms with van der Waals surface area (Å²) in [6.45, 7) is 0.714. The Morgan fingerprint density at radius 3 is 2.63 bits per heavy atom. The molecule has 0 radical (unpaired) electrons. The molecule has 0 bridgehead atoms. The second-order valence-electron chi connectivity index (χ2n) is 7.55. The lowest BCUT2D eigenvalue weighted by atomic mass is 9.95. The van der Waals surface area contributed by atoms with Crippen LogP contribution in [0.4, 0.5) is 5.69 Å². The van der Waals surface area contributed by atoms with E-state index in [4.69, 9.17) is 11.6 Å². The van der Waals surface area contributed by atoms with Gasteiger partial charge in [0.1, 0.15) is 10.7 Å². The summed E-state index contributed by atoms with van der Waals surface area (Å²) in [5, 5.41) is 3.29. The fourth-order valence-electron chi connectivity index (χ4n) is 4.18. The molecule has 4 rings (SSSR count). The minimum absolute atomic E-state index is 0.0753. The van der Waals surface area contributed by atoms with Crippen molar-refractivity contribution in [1.29, 1.82) is 0 Å². The first-order valence-corrected chi connectivity index (χ1v) is 11.5. The molecule has 0 atom stereocenters. The molecular formula is C19H24ClN3O3S. The molecular weight excluding hydrogens is 386 g/mol. The van der Waals surface area contributed by atoms with Gasteiger partial charge in [0.2, 0.25) is 0 Å². The molecule has 0 aromatic heterocycles. The number of fused-ring (bicyclic) bond motifs is 3. The Bertz CT molecular complexity index is 892. The number of nitrogens with one attached hydrogen (secondary N) is 1. The van der Waals surface area contributed by atoms with E-state index in [-0.39, 0.29) is 27.4 Å². The molecule has 1 saturated carbocycles. The van der Waals surface area contributed by atoms with E-state index in [0.29, 0.717) is 24.5 Å². The molecule has 1 N–H and O–H groups in total. The summed E-state index contributed by atoms with van der Waals surface area (Å²) in [6.07, 6.45) is 8.88. The molecule has 27 heavy (non-hydrogen) atoms. The van der Waals surface area contributed by atoms with Gasteiger partial charge in [0.15, 0.2) is 0 Å². The van der Waals surface area contributed by atoms with E-state index in [2.05, 4.69) is 9.71 Å². The van der Waals surface area contributed by atoms with E-state index in [1.54, 1.807) is 6.07 Å². The third-order valence-corrected chi connectivity index (χ3v) is 7.27. The zero-order valence-corrected chi connectivity index (χ0v) is 16.8. The van der Waals surface area contributed by atoms with E-state index in [1.807, 2.05) is 4.90 Å². The number of carbonyl (C=O) groups is 1. The first-order valence-electron chi connectivity index (χ1n) is 9.71. The highest BCUT2D eigenvalue weighted by atomic mass is 35.5. The van der Waals surface area contributed by atoms with Crippen molar-refractivity contribution in [1.82, 2.24) is 5.32 Å². The maximum absolute atomic E-state index is 12.7. The molecule has 8 heteroatoms. The maximum atomic E-state index is 12.7. The molecule has 1 amide bonds. The number of nitrogens with zero attached hydrogens (tertiary/aromatic N) is 2. The number of amides is 1. The van der Waals surface area contributed by atoms with Crippen molar-refractivity contribution in [2.24, 2.45) is 4.40 Å². The molecule has 2 heterocycles. The minimum atomic E-state index is -3.83. The van der Waals surface area contributed by atoms with Crippen LogP contribution in [0.3, 0.4) is 0 Å². The summed E-state index contributed by atoms with van der Waals surface area (Å²) in [5.74, 6) is 0.269. The second-order valence-corrected chi connectivity index (χ2v) is 9.53. The average molecular weight is 410 g/mol. The first-order chi connectivity index (χ1) is 13.0. The Hall–Kier alpha value is -1.60. The number of rotatable bonds is 2. The lowest BCUT2D eigenvalue weighted by Gasteiger charge is -2.30. The van der Waals surface area contributed by atoms with Crippen molar-refractivity contribution in [3.63, 3.8) is 0 Å². The first kappa shape index (κ1) is 18.7. The van der Waals surface area contributed by atoms with Crippen molar-refractivity contribution in [3.05, 3.63) is 22.7 Å². The fraction of sp³-hybridized carbons (Fsp3) is 0.579. The van der Waals surface area contributed by atoms with E-state index in [0.717, 1.165) is 44.9 Å². The van der Waals surface area contributed by atoms with Crippen LogP contribution in [0.25, 0.3) is 0 Å². The summed E-state index contributed by atoms with van der Waals surface area (Å²) in [6, 6.07) is 3.14. The summed E-state index contributed by atoms with van der Waals surface area (Å²) in [4.78, 5) is 14.7. The van der Waals surface area contributed by atoms with Gasteiger partial charge in [-0.1, -0.05) is 37.3 Å². The second kappa shape index (κ2) is 7.43. The number of hydrogen-bond donors (Lipinski definition) is 1. The molecule has 3 aliphatic rings. The summed E-state index contributed by atoms with van der Waals surface area (Å²) < 4.78 is 29.5. The van der Waals surface area contributed by atoms with Gasteiger partial charge in [-0.05, 0) is 37.8 Å². The van der Waals surface area contributed by atoms with Gasteiger partial charge in [-0.3, -0.25) is 4.79 Å². The zero-order chi connectivity index (χ0) is 19.0. The summed E-state index contributed by atoms with van der Waals surface area (Å²) >= 11 is 6.42. The molecule has 6 nitrogen and oxygen atoms in total. The van der Waals surface area contributed by atoms with Crippen molar-refractivity contribution >= 4 is 39.1 Å². The Balaban J connectivity index is 1.69. The normalized spacial score (nSPS) is 22.3. The molecule has 0 spiro atoms. The molecule has 146 valence electrons. The molecule has 0 unspecified atom stereocenters. The van der Waals surface area contributed by atoms with Crippen molar-refractivity contribution in [3.8, 4) is 0 Å². The number of hydrogen-bond acceptors (Lipinski definition) is 4. The van der Waals surface area contributed by atoms with Crippen LogP contribution in [0.5, 0.6) is 0 Å². The lowest BCUT2D eigenvalue weighted by Crippen LogP contribution is -2.37. The summed E-state index contributed by atoms with van der Waals surface area (Å²) in [7, 11) is -3.83. The van der Waals surface area contributed by atoms with Gasteiger partial charge >= 0.3 is 0 Å². The van der Waals surface area contributed by atoms with Gasteiger partial charge < -0.3 is 10.2 Å². The van der Waals surface area contributed by atoms with E-state index in [1.165, 1.54) is 12.5 Å². The smallest absolute Gasteiger partial charge is 0.286 e. The Morgan fingerprint density at radius 1 is 1.11 bits per heavy atom. The maximum Gasteiger partial charge on any atom is 0.286 e. The third-order valence-electron chi connectivity index (χ3n) is 5.62. The lowest BCUT2D eigenvalue weighted by molar-refractivity contribution is 0.0927. The Labute approximate surface area is 165 Å². The number of anilines is 1. The van der Waals surface area contributed by atoms with Gasteiger partial charge in [0.25, 0.3) is 15.9 Å². The number of amidine groups is 1.